The molecule has 0 fully saturated rings. The Morgan fingerprint density at radius 3 is 2.50 bits per heavy atom. The summed E-state index contributed by atoms with van der Waals surface area (Å²) in [4.78, 5) is 37.8. The number of anilines is 1. The number of hydrogen-bond donors (Lipinski definition) is 3. The molecule has 0 radical (unpaired) electrons. The summed E-state index contributed by atoms with van der Waals surface area (Å²) < 4.78 is 16.7. The summed E-state index contributed by atoms with van der Waals surface area (Å²) in [6.45, 7) is 5.37. The first-order valence-corrected chi connectivity index (χ1v) is 12.0. The molecule has 2 aromatic rings. The highest BCUT2D eigenvalue weighted by molar-refractivity contribution is 5.95. The Kier molecular flexibility index (Phi) is 9.32. The van der Waals surface area contributed by atoms with Crippen LogP contribution in [0.2, 0.25) is 0 Å². The Labute approximate surface area is 211 Å². The third kappa shape index (κ3) is 7.00. The average Bonchev–Trinajstić information content (AvgIpc) is 2.85. The molecule has 0 aromatic heterocycles. The quantitative estimate of drug-likeness (QED) is 0.397. The molecular weight excluding hydrogens is 462 g/mol. The predicted octanol–water partition coefficient (Wildman–Crippen LogP) is 4.46. The third-order valence-corrected chi connectivity index (χ3v) is 5.43. The van der Waals surface area contributed by atoms with E-state index in [-0.39, 0.29) is 18.6 Å². The molecule has 3 amide bonds. The van der Waals surface area contributed by atoms with Gasteiger partial charge in [-0.2, -0.15) is 0 Å². The van der Waals surface area contributed by atoms with Crippen LogP contribution in [0.25, 0.3) is 0 Å². The SMILES string of the molecule is CCCCC1=C(C(=O)OC(C)C)C(c2ccc(OCC(=O)Nc3ccccc3)c(OC)c2)NC(=O)N1. The zero-order valence-electron chi connectivity index (χ0n) is 21.1. The van der Waals surface area contributed by atoms with E-state index in [9.17, 15) is 14.4 Å². The summed E-state index contributed by atoms with van der Waals surface area (Å²) in [5.74, 6) is -0.101. The number of benzene rings is 2. The van der Waals surface area contributed by atoms with Gasteiger partial charge in [0.25, 0.3) is 5.91 Å². The fourth-order valence-electron chi connectivity index (χ4n) is 3.78. The lowest BCUT2D eigenvalue weighted by molar-refractivity contribution is -0.143. The molecule has 192 valence electrons. The molecule has 1 unspecified atom stereocenters. The van der Waals surface area contributed by atoms with Crippen molar-refractivity contribution in [3.8, 4) is 11.5 Å². The number of allylic oxidation sites excluding steroid dienone is 1. The molecule has 0 saturated heterocycles. The number of ether oxygens (including phenoxy) is 3. The monoisotopic (exact) mass is 495 g/mol. The molecule has 1 aliphatic rings. The van der Waals surface area contributed by atoms with Gasteiger partial charge < -0.3 is 30.2 Å². The smallest absolute Gasteiger partial charge is 0.338 e. The summed E-state index contributed by atoms with van der Waals surface area (Å²) in [6.07, 6.45) is 1.93. The second kappa shape index (κ2) is 12.6. The summed E-state index contributed by atoms with van der Waals surface area (Å²) in [6, 6.07) is 13.0. The van der Waals surface area contributed by atoms with E-state index >= 15 is 0 Å². The molecule has 3 N–H and O–H groups in total. The molecule has 1 heterocycles. The van der Waals surface area contributed by atoms with Gasteiger partial charge in [0, 0.05) is 11.4 Å². The van der Waals surface area contributed by atoms with Crippen LogP contribution < -0.4 is 25.4 Å². The maximum absolute atomic E-state index is 13.0. The second-order valence-corrected chi connectivity index (χ2v) is 8.59. The number of hydrogen-bond acceptors (Lipinski definition) is 6. The number of carbonyl (C=O) groups excluding carboxylic acids is 3. The van der Waals surface area contributed by atoms with Crippen LogP contribution in [0.1, 0.15) is 51.6 Å². The van der Waals surface area contributed by atoms with Crippen molar-refractivity contribution >= 4 is 23.6 Å². The van der Waals surface area contributed by atoms with E-state index in [0.717, 1.165) is 12.8 Å². The first kappa shape index (κ1) is 26.6. The third-order valence-electron chi connectivity index (χ3n) is 5.43. The Balaban J connectivity index is 1.84. The zero-order valence-corrected chi connectivity index (χ0v) is 21.1. The van der Waals surface area contributed by atoms with Gasteiger partial charge in [-0.15, -0.1) is 0 Å². The van der Waals surface area contributed by atoms with E-state index in [2.05, 4.69) is 16.0 Å². The zero-order chi connectivity index (χ0) is 26.1. The van der Waals surface area contributed by atoms with E-state index in [1.165, 1.54) is 7.11 Å². The van der Waals surface area contributed by atoms with Crippen molar-refractivity contribution in [2.45, 2.75) is 52.2 Å². The van der Waals surface area contributed by atoms with E-state index < -0.39 is 18.0 Å². The van der Waals surface area contributed by atoms with Crippen LogP contribution >= 0.6 is 0 Å². The minimum absolute atomic E-state index is 0.221. The van der Waals surface area contributed by atoms with Crippen LogP contribution in [-0.4, -0.2) is 37.7 Å². The molecule has 36 heavy (non-hydrogen) atoms. The summed E-state index contributed by atoms with van der Waals surface area (Å²) >= 11 is 0. The molecule has 0 spiro atoms. The van der Waals surface area contributed by atoms with E-state index in [0.29, 0.717) is 40.4 Å². The van der Waals surface area contributed by atoms with Crippen molar-refractivity contribution < 1.29 is 28.6 Å². The molecule has 0 saturated carbocycles. The van der Waals surface area contributed by atoms with E-state index in [1.54, 1.807) is 44.2 Å². The van der Waals surface area contributed by atoms with Gasteiger partial charge in [-0.05, 0) is 56.5 Å². The van der Waals surface area contributed by atoms with Crippen molar-refractivity contribution in [3.63, 3.8) is 0 Å². The highest BCUT2D eigenvalue weighted by Gasteiger charge is 2.34. The average molecular weight is 496 g/mol. The van der Waals surface area contributed by atoms with E-state index in [1.807, 2.05) is 25.1 Å². The number of rotatable bonds is 11. The number of carbonyl (C=O) groups is 3. The van der Waals surface area contributed by atoms with Crippen LogP contribution in [0, 0.1) is 0 Å². The van der Waals surface area contributed by atoms with Crippen LogP contribution in [-0.2, 0) is 14.3 Å². The molecule has 0 bridgehead atoms. The molecule has 1 atom stereocenters. The highest BCUT2D eigenvalue weighted by Crippen LogP contribution is 2.35. The lowest BCUT2D eigenvalue weighted by Crippen LogP contribution is -2.46. The molecule has 0 aliphatic carbocycles. The van der Waals surface area contributed by atoms with Gasteiger partial charge in [-0.1, -0.05) is 37.6 Å². The van der Waals surface area contributed by atoms with Gasteiger partial charge in [-0.25, -0.2) is 9.59 Å². The van der Waals surface area contributed by atoms with Gasteiger partial charge >= 0.3 is 12.0 Å². The van der Waals surface area contributed by atoms with Crippen LogP contribution in [0.4, 0.5) is 10.5 Å². The molecule has 1 aliphatic heterocycles. The maximum Gasteiger partial charge on any atom is 0.338 e. The molecule has 2 aromatic carbocycles. The van der Waals surface area contributed by atoms with Gasteiger partial charge in [0.1, 0.15) is 0 Å². The van der Waals surface area contributed by atoms with Crippen molar-refractivity contribution in [1.82, 2.24) is 10.6 Å². The Hall–Kier alpha value is -4.01. The number of unbranched alkanes of at least 4 members (excludes halogenated alkanes) is 1. The van der Waals surface area contributed by atoms with Crippen molar-refractivity contribution in [1.29, 1.82) is 0 Å². The highest BCUT2D eigenvalue weighted by atomic mass is 16.5. The number of para-hydroxylation sites is 1. The largest absolute Gasteiger partial charge is 0.493 e. The molecule has 9 nitrogen and oxygen atoms in total. The maximum atomic E-state index is 13.0. The number of nitrogens with one attached hydrogen (secondary N) is 3. The molecular formula is C27H33N3O6. The van der Waals surface area contributed by atoms with Crippen LogP contribution in [0.5, 0.6) is 11.5 Å². The Morgan fingerprint density at radius 1 is 1.08 bits per heavy atom. The second-order valence-electron chi connectivity index (χ2n) is 8.59. The summed E-state index contributed by atoms with van der Waals surface area (Å²) in [5.41, 5.74) is 2.19. The summed E-state index contributed by atoms with van der Waals surface area (Å²) in [5, 5.41) is 8.35. The van der Waals surface area contributed by atoms with Gasteiger partial charge in [0.15, 0.2) is 18.1 Å². The first-order valence-electron chi connectivity index (χ1n) is 12.0. The lowest BCUT2D eigenvalue weighted by Gasteiger charge is -2.30. The van der Waals surface area contributed by atoms with E-state index in [4.69, 9.17) is 14.2 Å². The van der Waals surface area contributed by atoms with Crippen LogP contribution in [0.3, 0.4) is 0 Å². The minimum atomic E-state index is -0.735. The fourth-order valence-corrected chi connectivity index (χ4v) is 3.78. The summed E-state index contributed by atoms with van der Waals surface area (Å²) in [7, 11) is 1.48. The number of esters is 1. The Morgan fingerprint density at radius 2 is 1.83 bits per heavy atom. The van der Waals surface area contributed by atoms with Crippen molar-refractivity contribution in [3.05, 3.63) is 65.4 Å². The Bertz CT molecular complexity index is 1110. The number of amides is 3. The van der Waals surface area contributed by atoms with Gasteiger partial charge in [-0.3, -0.25) is 4.79 Å². The topological polar surface area (TPSA) is 115 Å². The number of urea groups is 1. The normalized spacial score (nSPS) is 15.1. The van der Waals surface area contributed by atoms with Gasteiger partial charge in [0.2, 0.25) is 0 Å². The standard InChI is InChI=1S/C27H33N3O6/c1-5-6-12-20-24(26(32)36-17(2)3)25(30-27(33)29-20)18-13-14-21(22(15-18)34-4)35-16-23(31)28-19-10-8-7-9-11-19/h7-11,13-15,17,25H,5-6,12,16H2,1-4H3,(H,28,31)(H2,29,30,33). The minimum Gasteiger partial charge on any atom is -0.493 e. The fraction of sp³-hybridized carbons (Fsp3) is 0.370. The van der Waals surface area contributed by atoms with Gasteiger partial charge in [0.05, 0.1) is 24.8 Å². The predicted molar refractivity (Wildman–Crippen MR) is 136 cm³/mol. The lowest BCUT2D eigenvalue weighted by atomic mass is 9.93. The van der Waals surface area contributed by atoms with Crippen molar-refractivity contribution in [2.75, 3.05) is 19.0 Å². The first-order chi connectivity index (χ1) is 17.3. The number of methoxy groups -OCH3 is 1. The van der Waals surface area contributed by atoms with Crippen LogP contribution in [0.15, 0.2) is 59.8 Å². The van der Waals surface area contributed by atoms with Crippen molar-refractivity contribution in [2.24, 2.45) is 0 Å². The molecule has 9 heteroatoms. The molecule has 3 rings (SSSR count).